The Hall–Kier alpha value is -2.87. The summed E-state index contributed by atoms with van der Waals surface area (Å²) in [6, 6.07) is 10.6. The minimum atomic E-state index is -0.365. The minimum absolute atomic E-state index is 0.306. The van der Waals surface area contributed by atoms with E-state index in [2.05, 4.69) is 24.1 Å². The molecule has 0 amide bonds. The average molecular weight is 382 g/mol. The van der Waals surface area contributed by atoms with Gasteiger partial charge in [0.15, 0.2) is 11.2 Å². The summed E-state index contributed by atoms with van der Waals surface area (Å²) in [5, 5.41) is 3.52. The molecule has 4 rings (SSSR count). The van der Waals surface area contributed by atoms with Gasteiger partial charge in [0.05, 0.1) is 6.54 Å². The van der Waals surface area contributed by atoms with Crippen molar-refractivity contribution >= 4 is 17.1 Å². The molecule has 8 nitrogen and oxygen atoms in total. The van der Waals surface area contributed by atoms with Gasteiger partial charge in [0.2, 0.25) is 5.95 Å². The zero-order valence-electron chi connectivity index (χ0n) is 16.7. The van der Waals surface area contributed by atoms with Gasteiger partial charge >= 0.3 is 5.69 Å². The fourth-order valence-corrected chi connectivity index (χ4v) is 4.08. The van der Waals surface area contributed by atoms with Crippen molar-refractivity contribution in [3.05, 3.63) is 56.7 Å². The number of aromatic nitrogens is 4. The summed E-state index contributed by atoms with van der Waals surface area (Å²) >= 11 is 0. The van der Waals surface area contributed by atoms with Crippen LogP contribution in [0.3, 0.4) is 0 Å². The summed E-state index contributed by atoms with van der Waals surface area (Å²) in [5.41, 5.74) is 1.29. The van der Waals surface area contributed by atoms with Gasteiger partial charge in [-0.05, 0) is 19.4 Å². The predicted octanol–water partition coefficient (Wildman–Crippen LogP) is 0.669. The first-order chi connectivity index (χ1) is 13.4. The van der Waals surface area contributed by atoms with E-state index in [4.69, 9.17) is 4.98 Å². The molecule has 2 atom stereocenters. The van der Waals surface area contributed by atoms with Crippen LogP contribution in [-0.2, 0) is 20.6 Å². The number of rotatable bonds is 3. The zero-order valence-corrected chi connectivity index (χ0v) is 16.7. The molecule has 1 fully saturated rings. The summed E-state index contributed by atoms with van der Waals surface area (Å²) < 4.78 is 4.56. The van der Waals surface area contributed by atoms with Crippen molar-refractivity contribution in [3.8, 4) is 0 Å². The molecular weight excluding hydrogens is 356 g/mol. The Bertz CT molecular complexity index is 1120. The second-order valence-electron chi connectivity index (χ2n) is 7.74. The quantitative estimate of drug-likeness (QED) is 0.721. The van der Waals surface area contributed by atoms with Crippen LogP contribution in [0.5, 0.6) is 0 Å². The van der Waals surface area contributed by atoms with E-state index in [1.54, 1.807) is 7.05 Å². The van der Waals surface area contributed by atoms with E-state index in [-0.39, 0.29) is 11.2 Å². The van der Waals surface area contributed by atoms with E-state index in [9.17, 15) is 9.59 Å². The molecule has 2 unspecified atom stereocenters. The Balaban J connectivity index is 1.96. The number of piperazine rings is 1. The first-order valence-electron chi connectivity index (χ1n) is 9.58. The molecule has 3 aromatic rings. The molecule has 8 heteroatoms. The monoisotopic (exact) mass is 382 g/mol. The molecule has 0 saturated carbocycles. The van der Waals surface area contributed by atoms with Gasteiger partial charge in [-0.1, -0.05) is 30.3 Å². The zero-order chi connectivity index (χ0) is 20.0. The maximum atomic E-state index is 13.0. The fourth-order valence-electron chi connectivity index (χ4n) is 4.08. The molecule has 1 aliphatic heterocycles. The molecule has 1 N–H and O–H groups in total. The van der Waals surface area contributed by atoms with Crippen LogP contribution >= 0.6 is 0 Å². The number of benzene rings is 1. The molecule has 1 saturated heterocycles. The van der Waals surface area contributed by atoms with Crippen molar-refractivity contribution in [3.63, 3.8) is 0 Å². The summed E-state index contributed by atoms with van der Waals surface area (Å²) in [4.78, 5) is 32.4. The third-order valence-electron chi connectivity index (χ3n) is 5.35. The van der Waals surface area contributed by atoms with Crippen LogP contribution in [0.15, 0.2) is 39.9 Å². The molecule has 1 aliphatic rings. The Morgan fingerprint density at radius 2 is 1.68 bits per heavy atom. The average Bonchev–Trinajstić information content (AvgIpc) is 3.04. The number of hydrogen-bond donors (Lipinski definition) is 1. The third kappa shape index (κ3) is 3.03. The largest absolute Gasteiger partial charge is 0.339 e. The van der Waals surface area contributed by atoms with Crippen LogP contribution in [-0.4, -0.2) is 43.9 Å². The van der Waals surface area contributed by atoms with Crippen molar-refractivity contribution in [2.75, 3.05) is 18.0 Å². The second-order valence-corrected chi connectivity index (χ2v) is 7.74. The normalized spacial score (nSPS) is 20.1. The van der Waals surface area contributed by atoms with Crippen LogP contribution in [0.25, 0.3) is 11.2 Å². The van der Waals surface area contributed by atoms with Gasteiger partial charge in [0.1, 0.15) is 0 Å². The maximum Gasteiger partial charge on any atom is 0.332 e. The minimum Gasteiger partial charge on any atom is -0.339 e. The maximum absolute atomic E-state index is 13.0. The standard InChI is InChI=1S/C20H26N6O2/c1-13-10-25(11-14(2)21-13)19-22-17-16(18(27)24(4)20(28)23(17)3)26(19)12-15-8-6-5-7-9-15/h5-9,13-14,21H,10-12H2,1-4H3. The van der Waals surface area contributed by atoms with Crippen LogP contribution in [0.2, 0.25) is 0 Å². The number of aryl methyl sites for hydroxylation is 1. The molecule has 0 aliphatic carbocycles. The number of imidazole rings is 1. The summed E-state index contributed by atoms with van der Waals surface area (Å²) in [5.74, 6) is 0.734. The SMILES string of the molecule is CC1CN(c2nc3c(c(=O)n(C)c(=O)n3C)n2Cc2ccccc2)CC(C)N1. The number of hydrogen-bond acceptors (Lipinski definition) is 5. The van der Waals surface area contributed by atoms with Gasteiger partial charge in [-0.25, -0.2) is 4.79 Å². The number of anilines is 1. The Morgan fingerprint density at radius 3 is 2.32 bits per heavy atom. The van der Waals surface area contributed by atoms with Crippen LogP contribution in [0.1, 0.15) is 19.4 Å². The van der Waals surface area contributed by atoms with Gasteiger partial charge in [0.25, 0.3) is 5.56 Å². The number of nitrogens with one attached hydrogen (secondary N) is 1. The molecule has 3 heterocycles. The number of fused-ring (bicyclic) bond motifs is 1. The van der Waals surface area contributed by atoms with Crippen molar-refractivity contribution < 1.29 is 0 Å². The molecular formula is C20H26N6O2. The topological polar surface area (TPSA) is 77.1 Å². The molecule has 148 valence electrons. The van der Waals surface area contributed by atoms with Gasteiger partial charge in [0, 0.05) is 39.3 Å². The highest BCUT2D eigenvalue weighted by Crippen LogP contribution is 2.23. The lowest BCUT2D eigenvalue weighted by Gasteiger charge is -2.36. The fraction of sp³-hybridized carbons (Fsp3) is 0.450. The van der Waals surface area contributed by atoms with Crippen molar-refractivity contribution in [1.29, 1.82) is 0 Å². The highest BCUT2D eigenvalue weighted by Gasteiger charge is 2.27. The smallest absolute Gasteiger partial charge is 0.332 e. The van der Waals surface area contributed by atoms with E-state index in [0.29, 0.717) is 29.8 Å². The van der Waals surface area contributed by atoms with E-state index in [0.717, 1.165) is 29.2 Å². The van der Waals surface area contributed by atoms with Crippen LogP contribution in [0.4, 0.5) is 5.95 Å². The lowest BCUT2D eigenvalue weighted by atomic mass is 10.1. The van der Waals surface area contributed by atoms with E-state index in [1.165, 1.54) is 11.6 Å². The van der Waals surface area contributed by atoms with Gasteiger partial charge < -0.3 is 10.2 Å². The van der Waals surface area contributed by atoms with Crippen LogP contribution in [0, 0.1) is 0 Å². The Morgan fingerprint density at radius 1 is 1.04 bits per heavy atom. The summed E-state index contributed by atoms with van der Waals surface area (Å²) in [7, 11) is 3.18. The first kappa shape index (κ1) is 18.5. The van der Waals surface area contributed by atoms with E-state index >= 15 is 0 Å². The highest BCUT2D eigenvalue weighted by atomic mass is 16.2. The Labute approximate surface area is 163 Å². The van der Waals surface area contributed by atoms with E-state index in [1.807, 2.05) is 34.9 Å². The second kappa shape index (κ2) is 6.94. The summed E-state index contributed by atoms with van der Waals surface area (Å²) in [6.07, 6.45) is 0. The van der Waals surface area contributed by atoms with Gasteiger partial charge in [-0.15, -0.1) is 0 Å². The third-order valence-corrected chi connectivity index (χ3v) is 5.35. The molecule has 1 aromatic carbocycles. The van der Waals surface area contributed by atoms with Crippen molar-refractivity contribution in [2.45, 2.75) is 32.5 Å². The molecule has 0 radical (unpaired) electrons. The first-order valence-corrected chi connectivity index (χ1v) is 9.58. The summed E-state index contributed by atoms with van der Waals surface area (Å²) in [6.45, 7) is 6.38. The van der Waals surface area contributed by atoms with Gasteiger partial charge in [-0.2, -0.15) is 4.98 Å². The van der Waals surface area contributed by atoms with Crippen molar-refractivity contribution in [1.82, 2.24) is 24.0 Å². The van der Waals surface area contributed by atoms with Gasteiger partial charge in [-0.3, -0.25) is 18.5 Å². The lowest BCUT2D eigenvalue weighted by molar-refractivity contribution is 0.401. The molecule has 0 spiro atoms. The number of nitrogens with zero attached hydrogens (tertiary/aromatic N) is 5. The molecule has 2 aromatic heterocycles. The van der Waals surface area contributed by atoms with Crippen LogP contribution < -0.4 is 21.5 Å². The molecule has 28 heavy (non-hydrogen) atoms. The Kier molecular flexibility index (Phi) is 4.58. The molecule has 0 bridgehead atoms. The lowest BCUT2D eigenvalue weighted by Crippen LogP contribution is -2.55. The van der Waals surface area contributed by atoms with E-state index < -0.39 is 0 Å². The predicted molar refractivity (Wildman–Crippen MR) is 110 cm³/mol. The highest BCUT2D eigenvalue weighted by molar-refractivity contribution is 5.75. The van der Waals surface area contributed by atoms with Crippen molar-refractivity contribution in [2.24, 2.45) is 14.1 Å².